The predicted molar refractivity (Wildman–Crippen MR) is 102 cm³/mol. The van der Waals surface area contributed by atoms with E-state index in [-0.39, 0.29) is 30.5 Å². The maximum Gasteiger partial charge on any atom is 0.416 e. The van der Waals surface area contributed by atoms with Gasteiger partial charge in [0.2, 0.25) is 11.8 Å². The Morgan fingerprint density at radius 1 is 1.11 bits per heavy atom. The van der Waals surface area contributed by atoms with Crippen molar-refractivity contribution >= 4 is 17.5 Å². The first-order valence-corrected chi connectivity index (χ1v) is 9.24. The Bertz CT molecular complexity index is 658. The van der Waals surface area contributed by atoms with E-state index in [1.807, 2.05) is 13.8 Å². The Morgan fingerprint density at radius 3 is 2.36 bits per heavy atom. The zero-order chi connectivity index (χ0) is 21.4. The molecule has 158 valence electrons. The van der Waals surface area contributed by atoms with Crippen molar-refractivity contribution in [3.05, 3.63) is 29.8 Å². The lowest BCUT2D eigenvalue weighted by Gasteiger charge is -2.23. The molecule has 28 heavy (non-hydrogen) atoms. The van der Waals surface area contributed by atoms with Gasteiger partial charge >= 0.3 is 6.18 Å². The number of hydrogen-bond acceptors (Lipinski definition) is 3. The van der Waals surface area contributed by atoms with Crippen molar-refractivity contribution in [2.75, 3.05) is 18.5 Å². The molecule has 1 rings (SSSR count). The number of hydrogen-bond donors (Lipinski definition) is 2. The molecule has 1 aromatic rings. The second-order valence-corrected chi connectivity index (χ2v) is 7.77. The van der Waals surface area contributed by atoms with E-state index < -0.39 is 23.1 Å². The molecule has 0 heterocycles. The van der Waals surface area contributed by atoms with Crippen molar-refractivity contribution in [3.63, 3.8) is 0 Å². The molecule has 0 bridgehead atoms. The summed E-state index contributed by atoms with van der Waals surface area (Å²) in [6.07, 6.45) is -3.50. The van der Waals surface area contributed by atoms with Crippen LogP contribution in [0.3, 0.4) is 0 Å². The third-order valence-electron chi connectivity index (χ3n) is 3.85. The summed E-state index contributed by atoms with van der Waals surface area (Å²) in [4.78, 5) is 24.2. The Morgan fingerprint density at radius 2 is 1.75 bits per heavy atom. The topological polar surface area (TPSA) is 67.4 Å². The zero-order valence-corrected chi connectivity index (χ0v) is 16.8. The molecule has 0 fully saturated rings. The summed E-state index contributed by atoms with van der Waals surface area (Å²) >= 11 is 0. The number of nitrogens with one attached hydrogen (secondary N) is 2. The smallest absolute Gasteiger partial charge is 0.379 e. The lowest BCUT2D eigenvalue weighted by Crippen LogP contribution is -2.32. The molecule has 0 aliphatic rings. The van der Waals surface area contributed by atoms with E-state index in [0.717, 1.165) is 12.1 Å². The van der Waals surface area contributed by atoms with Gasteiger partial charge in [0, 0.05) is 31.7 Å². The highest BCUT2D eigenvalue weighted by Gasteiger charge is 2.31. The molecule has 0 aliphatic carbocycles. The van der Waals surface area contributed by atoms with Crippen LogP contribution in [0.15, 0.2) is 24.3 Å². The lowest BCUT2D eigenvalue weighted by atomic mass is 9.85. The van der Waals surface area contributed by atoms with Crippen molar-refractivity contribution in [3.8, 4) is 0 Å². The number of carbonyl (C=O) groups excluding carboxylic acids is 2. The number of rotatable bonds is 10. The first-order valence-electron chi connectivity index (χ1n) is 9.24. The molecule has 0 aliphatic heterocycles. The summed E-state index contributed by atoms with van der Waals surface area (Å²) in [6, 6.07) is 4.46. The van der Waals surface area contributed by atoms with Crippen molar-refractivity contribution in [1.82, 2.24) is 5.32 Å². The van der Waals surface area contributed by atoms with E-state index in [0.29, 0.717) is 19.6 Å². The molecule has 0 saturated heterocycles. The highest BCUT2D eigenvalue weighted by Crippen LogP contribution is 2.31. The van der Waals surface area contributed by atoms with E-state index >= 15 is 0 Å². The molecule has 0 spiro atoms. The second-order valence-electron chi connectivity index (χ2n) is 7.77. The Hall–Kier alpha value is -2.09. The highest BCUT2D eigenvalue weighted by atomic mass is 19.4. The summed E-state index contributed by atoms with van der Waals surface area (Å²) in [6.45, 7) is 8.44. The SMILES string of the molecule is CC(C)OCCCNC(=O)CC(C)(C)CC(=O)Nc1cccc(C(F)(F)F)c1. The van der Waals surface area contributed by atoms with Crippen LogP contribution in [-0.4, -0.2) is 31.1 Å². The first kappa shape index (κ1) is 23.9. The fourth-order valence-corrected chi connectivity index (χ4v) is 2.59. The van der Waals surface area contributed by atoms with Gasteiger partial charge < -0.3 is 15.4 Å². The van der Waals surface area contributed by atoms with Crippen molar-refractivity contribution < 1.29 is 27.5 Å². The van der Waals surface area contributed by atoms with Gasteiger partial charge in [-0.05, 0) is 43.9 Å². The molecule has 0 unspecified atom stereocenters. The fourth-order valence-electron chi connectivity index (χ4n) is 2.59. The van der Waals surface area contributed by atoms with Gasteiger partial charge in [-0.3, -0.25) is 9.59 Å². The van der Waals surface area contributed by atoms with Crippen LogP contribution < -0.4 is 10.6 Å². The highest BCUT2D eigenvalue weighted by molar-refractivity contribution is 5.91. The van der Waals surface area contributed by atoms with Crippen LogP contribution in [0.5, 0.6) is 0 Å². The lowest BCUT2D eigenvalue weighted by molar-refractivity contribution is -0.137. The predicted octanol–water partition coefficient (Wildman–Crippen LogP) is 4.38. The van der Waals surface area contributed by atoms with Gasteiger partial charge in [-0.25, -0.2) is 0 Å². The van der Waals surface area contributed by atoms with E-state index in [9.17, 15) is 22.8 Å². The van der Waals surface area contributed by atoms with Crippen molar-refractivity contribution in [2.45, 2.75) is 59.2 Å². The van der Waals surface area contributed by atoms with E-state index in [1.165, 1.54) is 12.1 Å². The van der Waals surface area contributed by atoms with Crippen LogP contribution in [0.2, 0.25) is 0 Å². The van der Waals surface area contributed by atoms with E-state index in [1.54, 1.807) is 13.8 Å². The summed E-state index contributed by atoms with van der Waals surface area (Å²) in [7, 11) is 0. The van der Waals surface area contributed by atoms with Gasteiger partial charge in [0.05, 0.1) is 11.7 Å². The molecule has 8 heteroatoms. The van der Waals surface area contributed by atoms with Crippen LogP contribution >= 0.6 is 0 Å². The second kappa shape index (κ2) is 10.5. The molecule has 2 N–H and O–H groups in total. The quantitative estimate of drug-likeness (QED) is 0.571. The number of ether oxygens (including phenoxy) is 1. The Kier molecular flexibility index (Phi) is 8.94. The molecule has 0 radical (unpaired) electrons. The number of amides is 2. The standard InChI is InChI=1S/C20H29F3N2O3/c1-14(2)28-10-6-9-24-17(26)12-19(3,4)13-18(27)25-16-8-5-7-15(11-16)20(21,22)23/h5,7-8,11,14H,6,9-10,12-13H2,1-4H3,(H,24,26)(H,25,27). The molecule has 2 amide bonds. The monoisotopic (exact) mass is 402 g/mol. The molecule has 1 aromatic carbocycles. The molecular formula is C20H29F3N2O3. The number of alkyl halides is 3. The zero-order valence-electron chi connectivity index (χ0n) is 16.8. The third kappa shape index (κ3) is 9.73. The van der Waals surface area contributed by atoms with Gasteiger partial charge in [0.15, 0.2) is 0 Å². The number of anilines is 1. The molecule has 0 saturated carbocycles. The largest absolute Gasteiger partial charge is 0.416 e. The average Bonchev–Trinajstić information content (AvgIpc) is 2.52. The van der Waals surface area contributed by atoms with Gasteiger partial charge in [-0.1, -0.05) is 19.9 Å². The van der Waals surface area contributed by atoms with Gasteiger partial charge in [-0.15, -0.1) is 0 Å². The van der Waals surface area contributed by atoms with Gasteiger partial charge in [-0.2, -0.15) is 13.2 Å². The first-order chi connectivity index (χ1) is 12.9. The maximum absolute atomic E-state index is 12.7. The van der Waals surface area contributed by atoms with Gasteiger partial charge in [0.1, 0.15) is 0 Å². The molecule has 0 atom stereocenters. The summed E-state index contributed by atoms with van der Waals surface area (Å²) in [5, 5.41) is 5.25. The maximum atomic E-state index is 12.7. The molecule has 5 nitrogen and oxygen atoms in total. The van der Waals surface area contributed by atoms with E-state index in [4.69, 9.17) is 4.74 Å². The minimum absolute atomic E-state index is 0.00707. The normalized spacial score (nSPS) is 12.1. The number of halogens is 3. The molecular weight excluding hydrogens is 373 g/mol. The van der Waals surface area contributed by atoms with Crippen LogP contribution in [0.1, 0.15) is 52.5 Å². The number of benzene rings is 1. The number of carbonyl (C=O) groups is 2. The van der Waals surface area contributed by atoms with Crippen LogP contribution in [-0.2, 0) is 20.5 Å². The van der Waals surface area contributed by atoms with Crippen LogP contribution in [0.25, 0.3) is 0 Å². The fraction of sp³-hybridized carbons (Fsp3) is 0.600. The Labute approximate surface area is 164 Å². The minimum atomic E-state index is -4.47. The Balaban J connectivity index is 2.46. The van der Waals surface area contributed by atoms with Crippen molar-refractivity contribution in [1.29, 1.82) is 0 Å². The average molecular weight is 402 g/mol. The minimum Gasteiger partial charge on any atom is -0.379 e. The van der Waals surface area contributed by atoms with E-state index in [2.05, 4.69) is 10.6 Å². The summed E-state index contributed by atoms with van der Waals surface area (Å²) in [5.74, 6) is -0.621. The molecule has 0 aromatic heterocycles. The summed E-state index contributed by atoms with van der Waals surface area (Å²) in [5.41, 5.74) is -1.39. The van der Waals surface area contributed by atoms with Crippen molar-refractivity contribution in [2.24, 2.45) is 5.41 Å². The van der Waals surface area contributed by atoms with Gasteiger partial charge in [0.25, 0.3) is 0 Å². The third-order valence-corrected chi connectivity index (χ3v) is 3.85. The van der Waals surface area contributed by atoms with Crippen LogP contribution in [0, 0.1) is 5.41 Å². The summed E-state index contributed by atoms with van der Waals surface area (Å²) < 4.78 is 43.6. The van der Waals surface area contributed by atoms with Crippen LogP contribution in [0.4, 0.5) is 18.9 Å².